The predicted molar refractivity (Wildman–Crippen MR) is 110 cm³/mol. The van der Waals surface area contributed by atoms with Crippen molar-refractivity contribution in [3.8, 4) is 11.5 Å². The molecule has 1 aliphatic heterocycles. The Kier molecular flexibility index (Phi) is 6.54. The summed E-state index contributed by atoms with van der Waals surface area (Å²) < 4.78 is 18.9. The lowest BCUT2D eigenvalue weighted by Gasteiger charge is -2.27. The highest BCUT2D eigenvalue weighted by atomic mass is 16.6. The van der Waals surface area contributed by atoms with Crippen LogP contribution >= 0.6 is 0 Å². The second kappa shape index (κ2) is 9.28. The Bertz CT molecular complexity index is 954. The number of aromatic nitrogens is 1. The lowest BCUT2D eigenvalue weighted by atomic mass is 10.1. The number of nitrogens with zero attached hydrogens (tertiary/aromatic N) is 1. The van der Waals surface area contributed by atoms with Crippen LogP contribution in [-0.4, -0.2) is 35.6 Å². The molecule has 0 bridgehead atoms. The molecule has 2 heterocycles. The molecule has 0 saturated carbocycles. The second-order valence-corrected chi connectivity index (χ2v) is 6.81. The van der Waals surface area contributed by atoms with Gasteiger partial charge in [0.1, 0.15) is 6.61 Å². The number of ketones is 1. The number of carbonyl (C=O) groups is 2. The first-order chi connectivity index (χ1) is 14.0. The summed E-state index contributed by atoms with van der Waals surface area (Å²) in [4.78, 5) is 24.2. The molecule has 2 aromatic rings. The van der Waals surface area contributed by atoms with Gasteiger partial charge in [-0.2, -0.15) is 0 Å². The molecule has 0 amide bonds. The van der Waals surface area contributed by atoms with E-state index in [-0.39, 0.29) is 18.5 Å². The Labute approximate surface area is 170 Å². The van der Waals surface area contributed by atoms with Gasteiger partial charge in [0.15, 0.2) is 24.2 Å². The van der Waals surface area contributed by atoms with E-state index in [4.69, 9.17) is 14.2 Å². The maximum absolute atomic E-state index is 12.5. The molecule has 0 N–H and O–H groups in total. The molecule has 0 fully saturated rings. The number of aryl methyl sites for hydroxylation is 1. The van der Waals surface area contributed by atoms with Gasteiger partial charge in [-0.3, -0.25) is 4.79 Å². The molecular formula is C23H25NO5. The molecule has 1 aliphatic rings. The molecule has 3 rings (SSSR count). The minimum atomic E-state index is -0.545. The molecule has 0 spiro atoms. The number of allylic oxidation sites excluding steroid dienone is 3. The van der Waals surface area contributed by atoms with Crippen molar-refractivity contribution in [3.05, 3.63) is 71.6 Å². The zero-order chi connectivity index (χ0) is 20.8. The van der Waals surface area contributed by atoms with E-state index in [9.17, 15) is 9.59 Å². The normalized spacial score (nSPS) is 15.8. The number of ether oxygens (including phenoxy) is 3. The van der Waals surface area contributed by atoms with Crippen LogP contribution in [0.4, 0.5) is 0 Å². The summed E-state index contributed by atoms with van der Waals surface area (Å²) in [6.07, 6.45) is 6.21. The minimum absolute atomic E-state index is 0.160. The van der Waals surface area contributed by atoms with E-state index in [2.05, 4.69) is 0 Å². The van der Waals surface area contributed by atoms with Gasteiger partial charge in [0.2, 0.25) is 5.78 Å². The van der Waals surface area contributed by atoms with Gasteiger partial charge in [0.25, 0.3) is 0 Å². The summed E-state index contributed by atoms with van der Waals surface area (Å²) in [5.41, 5.74) is 2.30. The molecular weight excluding hydrogens is 370 g/mol. The molecule has 0 radical (unpaired) electrons. The highest BCUT2D eigenvalue weighted by Gasteiger charge is 2.24. The molecule has 1 aromatic heterocycles. The number of para-hydroxylation sites is 2. The Morgan fingerprint density at radius 2 is 1.97 bits per heavy atom. The maximum Gasteiger partial charge on any atom is 0.331 e. The van der Waals surface area contributed by atoms with E-state index in [1.54, 1.807) is 18.2 Å². The summed E-state index contributed by atoms with van der Waals surface area (Å²) in [5.74, 6) is 0.686. The molecule has 0 saturated heterocycles. The van der Waals surface area contributed by atoms with Gasteiger partial charge >= 0.3 is 5.97 Å². The molecule has 6 nitrogen and oxygen atoms in total. The number of fused-ring (bicyclic) bond motifs is 1. The van der Waals surface area contributed by atoms with Crippen LogP contribution in [0.2, 0.25) is 0 Å². The van der Waals surface area contributed by atoms with Crippen LogP contribution in [0.3, 0.4) is 0 Å². The van der Waals surface area contributed by atoms with Crippen LogP contribution in [0.15, 0.2) is 54.6 Å². The first-order valence-corrected chi connectivity index (χ1v) is 9.54. The quantitative estimate of drug-likeness (QED) is 0.309. The number of esters is 1. The van der Waals surface area contributed by atoms with Gasteiger partial charge in [-0.05, 0) is 39.0 Å². The van der Waals surface area contributed by atoms with Gasteiger partial charge < -0.3 is 18.8 Å². The van der Waals surface area contributed by atoms with E-state index in [1.165, 1.54) is 6.08 Å². The molecule has 1 atom stereocenters. The van der Waals surface area contributed by atoms with Crippen molar-refractivity contribution in [1.82, 2.24) is 4.57 Å². The van der Waals surface area contributed by atoms with Crippen molar-refractivity contribution in [3.63, 3.8) is 0 Å². The number of hydrogen-bond acceptors (Lipinski definition) is 5. The van der Waals surface area contributed by atoms with Crippen LogP contribution in [0.5, 0.6) is 11.5 Å². The average Bonchev–Trinajstić information content (AvgIpc) is 3.00. The Hall–Kier alpha value is -3.28. The van der Waals surface area contributed by atoms with Crippen molar-refractivity contribution < 1.29 is 23.8 Å². The average molecular weight is 395 g/mol. The SMILES string of the molecule is C/C=C/C=C/C(=O)OCC(=O)c1cc(C)n(CC2COc3ccccc3O2)c1C. The lowest BCUT2D eigenvalue weighted by molar-refractivity contribution is -0.136. The predicted octanol–water partition coefficient (Wildman–Crippen LogP) is 3.80. The number of hydrogen-bond donors (Lipinski definition) is 0. The summed E-state index contributed by atoms with van der Waals surface area (Å²) >= 11 is 0. The lowest BCUT2D eigenvalue weighted by Crippen LogP contribution is -2.33. The summed E-state index contributed by atoms with van der Waals surface area (Å²) in [6.45, 7) is 6.37. The molecule has 1 aromatic carbocycles. The van der Waals surface area contributed by atoms with Crippen LogP contribution in [0.1, 0.15) is 28.7 Å². The highest BCUT2D eigenvalue weighted by molar-refractivity contribution is 5.99. The van der Waals surface area contributed by atoms with Crippen molar-refractivity contribution >= 4 is 11.8 Å². The van der Waals surface area contributed by atoms with Gasteiger partial charge in [-0.15, -0.1) is 0 Å². The molecule has 6 heteroatoms. The second-order valence-electron chi connectivity index (χ2n) is 6.81. The molecule has 152 valence electrons. The minimum Gasteiger partial charge on any atom is -0.486 e. The van der Waals surface area contributed by atoms with Crippen molar-refractivity contribution in [2.75, 3.05) is 13.2 Å². The Balaban J connectivity index is 1.64. The van der Waals surface area contributed by atoms with Crippen LogP contribution < -0.4 is 9.47 Å². The largest absolute Gasteiger partial charge is 0.486 e. The topological polar surface area (TPSA) is 66.8 Å². The van der Waals surface area contributed by atoms with Crippen molar-refractivity contribution in [2.24, 2.45) is 0 Å². The molecule has 29 heavy (non-hydrogen) atoms. The number of Topliss-reactive ketones (excluding diaryl/α,β-unsaturated/α-hetero) is 1. The van der Waals surface area contributed by atoms with Gasteiger partial charge in [0, 0.05) is 23.0 Å². The van der Waals surface area contributed by atoms with Gasteiger partial charge in [-0.1, -0.05) is 30.4 Å². The van der Waals surface area contributed by atoms with E-state index >= 15 is 0 Å². The Morgan fingerprint density at radius 1 is 1.21 bits per heavy atom. The van der Waals surface area contributed by atoms with Gasteiger partial charge in [0.05, 0.1) is 6.54 Å². The summed E-state index contributed by atoms with van der Waals surface area (Å²) in [5, 5.41) is 0. The first-order valence-electron chi connectivity index (χ1n) is 9.54. The highest BCUT2D eigenvalue weighted by Crippen LogP contribution is 2.31. The fourth-order valence-electron chi connectivity index (χ4n) is 3.23. The van der Waals surface area contributed by atoms with E-state index in [0.717, 1.165) is 22.9 Å². The van der Waals surface area contributed by atoms with Crippen molar-refractivity contribution in [2.45, 2.75) is 33.4 Å². The summed E-state index contributed by atoms with van der Waals surface area (Å²) in [7, 11) is 0. The van der Waals surface area contributed by atoms with E-state index < -0.39 is 5.97 Å². The zero-order valence-electron chi connectivity index (χ0n) is 16.9. The van der Waals surface area contributed by atoms with Crippen LogP contribution in [-0.2, 0) is 16.1 Å². The third-order valence-electron chi connectivity index (χ3n) is 4.71. The summed E-state index contributed by atoms with van der Waals surface area (Å²) in [6, 6.07) is 9.39. The van der Waals surface area contributed by atoms with E-state index in [1.807, 2.05) is 55.7 Å². The standard InChI is InChI=1S/C23H25NO5/c1-4-5-6-11-23(26)28-15-20(25)19-12-16(2)24(17(19)3)13-18-14-27-21-9-7-8-10-22(21)29-18/h4-12,18H,13-15H2,1-3H3/b5-4+,11-6+. The van der Waals surface area contributed by atoms with Crippen LogP contribution in [0.25, 0.3) is 0 Å². The van der Waals surface area contributed by atoms with Crippen LogP contribution in [0, 0.1) is 13.8 Å². The fraction of sp³-hybridized carbons (Fsp3) is 0.304. The Morgan fingerprint density at radius 3 is 2.72 bits per heavy atom. The number of carbonyl (C=O) groups excluding carboxylic acids is 2. The first kappa shape index (κ1) is 20.5. The molecule has 1 unspecified atom stereocenters. The van der Waals surface area contributed by atoms with Gasteiger partial charge in [-0.25, -0.2) is 4.79 Å². The number of rotatable bonds is 7. The third kappa shape index (κ3) is 4.96. The third-order valence-corrected chi connectivity index (χ3v) is 4.71. The zero-order valence-corrected chi connectivity index (χ0v) is 16.9. The monoisotopic (exact) mass is 395 g/mol. The smallest absolute Gasteiger partial charge is 0.331 e. The fourth-order valence-corrected chi connectivity index (χ4v) is 3.23. The maximum atomic E-state index is 12.5. The molecule has 0 aliphatic carbocycles. The van der Waals surface area contributed by atoms with E-state index in [0.29, 0.717) is 18.7 Å². The van der Waals surface area contributed by atoms with Crippen molar-refractivity contribution in [1.29, 1.82) is 0 Å². The number of benzene rings is 1.